The van der Waals surface area contributed by atoms with Crippen molar-refractivity contribution >= 4 is 23.5 Å². The van der Waals surface area contributed by atoms with E-state index < -0.39 is 23.3 Å². The Balaban J connectivity index is 0.000000179. The van der Waals surface area contributed by atoms with Crippen molar-refractivity contribution in [3.8, 4) is 34.2 Å². The summed E-state index contributed by atoms with van der Waals surface area (Å²) in [5, 5.41) is 27.1. The number of rotatable bonds is 9. The number of carboxylic acid groups (broad SMARTS) is 2. The Kier molecular flexibility index (Phi) is 9.64. The highest BCUT2D eigenvalue weighted by Gasteiger charge is 2.45. The Hall–Kier alpha value is -5.35. The molecule has 3 aromatic heterocycles. The van der Waals surface area contributed by atoms with Crippen LogP contribution in [0.25, 0.3) is 34.2 Å². The number of nitrogens with zero attached hydrogens (tertiary/aromatic N) is 4. The van der Waals surface area contributed by atoms with Gasteiger partial charge < -0.3 is 19.0 Å². The molecule has 0 radical (unpaired) electrons. The van der Waals surface area contributed by atoms with Crippen LogP contribution < -0.4 is 0 Å². The van der Waals surface area contributed by atoms with Crippen LogP contribution >= 0.6 is 11.6 Å². The van der Waals surface area contributed by atoms with Crippen LogP contribution in [0.1, 0.15) is 42.4 Å². The van der Waals surface area contributed by atoms with Gasteiger partial charge in [0.1, 0.15) is 0 Å². The Labute approximate surface area is 263 Å². The summed E-state index contributed by atoms with van der Waals surface area (Å²) in [6.07, 6.45) is 14.6. The van der Waals surface area contributed by atoms with E-state index >= 15 is 0 Å². The number of unbranched alkanes of at least 4 members (excludes halogenated alkanes) is 1. The van der Waals surface area contributed by atoms with Crippen molar-refractivity contribution in [1.29, 1.82) is 0 Å². The highest BCUT2D eigenvalue weighted by atomic mass is 35.5. The number of aliphatic carboxylic acids is 1. The van der Waals surface area contributed by atoms with Gasteiger partial charge >= 0.3 is 11.9 Å². The fraction of sp³-hybridized carbons (Fsp3) is 0.176. The quantitative estimate of drug-likeness (QED) is 0.166. The van der Waals surface area contributed by atoms with Crippen molar-refractivity contribution < 1.29 is 28.6 Å². The molecule has 0 saturated carbocycles. The second-order valence-electron chi connectivity index (χ2n) is 10.3. The van der Waals surface area contributed by atoms with Crippen LogP contribution in [0, 0.1) is 5.92 Å². The van der Waals surface area contributed by atoms with Crippen LogP contribution in [0.15, 0.2) is 112 Å². The number of hydrogen-bond donors (Lipinski definition) is 2. The number of halogens is 1. The molecule has 2 atom stereocenters. The van der Waals surface area contributed by atoms with E-state index in [4.69, 9.17) is 25.5 Å². The van der Waals surface area contributed by atoms with E-state index in [1.54, 1.807) is 42.6 Å². The summed E-state index contributed by atoms with van der Waals surface area (Å²) < 4.78 is 11.5. The number of benzene rings is 2. The van der Waals surface area contributed by atoms with Crippen LogP contribution in [-0.2, 0) is 10.2 Å². The highest BCUT2D eigenvalue weighted by Crippen LogP contribution is 2.42. The Morgan fingerprint density at radius 3 is 2.40 bits per heavy atom. The first-order chi connectivity index (χ1) is 21.8. The molecule has 0 amide bonds. The summed E-state index contributed by atoms with van der Waals surface area (Å²) in [5.41, 5.74) is 1.22. The monoisotopic (exact) mass is 624 g/mol. The number of aromatic carboxylic acids is 1. The lowest BCUT2D eigenvalue weighted by Crippen LogP contribution is -2.38. The predicted octanol–water partition coefficient (Wildman–Crippen LogP) is 7.75. The maximum absolute atomic E-state index is 11.8. The molecule has 0 saturated heterocycles. The average Bonchev–Trinajstić information content (AvgIpc) is 3.76. The molecule has 0 fully saturated rings. The second kappa shape index (κ2) is 14.0. The van der Waals surface area contributed by atoms with Gasteiger partial charge in [0.15, 0.2) is 5.76 Å². The van der Waals surface area contributed by atoms with Crippen molar-refractivity contribution in [2.75, 3.05) is 0 Å². The maximum Gasteiger partial charge on any atom is 0.336 e. The lowest BCUT2D eigenvalue weighted by Gasteiger charge is -2.33. The molecule has 5 aromatic rings. The van der Waals surface area contributed by atoms with Crippen molar-refractivity contribution in [3.05, 3.63) is 120 Å². The minimum Gasteiger partial charge on any atom is -0.481 e. The van der Waals surface area contributed by atoms with Crippen LogP contribution in [0.3, 0.4) is 0 Å². The number of aromatic nitrogens is 4. The van der Waals surface area contributed by atoms with Gasteiger partial charge in [-0.1, -0.05) is 98.1 Å². The second-order valence-corrected chi connectivity index (χ2v) is 10.7. The Bertz CT molecular complexity index is 1850. The van der Waals surface area contributed by atoms with E-state index in [-0.39, 0.29) is 17.3 Å². The Morgan fingerprint density at radius 2 is 1.67 bits per heavy atom. The molecular weight excluding hydrogens is 596 g/mol. The molecule has 0 spiro atoms. The molecule has 0 bridgehead atoms. The zero-order chi connectivity index (χ0) is 31.8. The number of allylic oxidation sites excluding steroid dienone is 3. The first kappa shape index (κ1) is 31.1. The summed E-state index contributed by atoms with van der Waals surface area (Å²) in [4.78, 5) is 31.4. The molecule has 2 N–H and O–H groups in total. The molecule has 2 unspecified atom stereocenters. The molecule has 45 heavy (non-hydrogen) atoms. The van der Waals surface area contributed by atoms with E-state index in [0.29, 0.717) is 34.2 Å². The molecule has 3 heterocycles. The fourth-order valence-corrected chi connectivity index (χ4v) is 5.23. The summed E-state index contributed by atoms with van der Waals surface area (Å²) in [6, 6.07) is 17.8. The topological polar surface area (TPSA) is 152 Å². The van der Waals surface area contributed by atoms with Crippen LogP contribution in [0.5, 0.6) is 0 Å². The van der Waals surface area contributed by atoms with Gasteiger partial charge in [0.2, 0.25) is 17.7 Å². The van der Waals surface area contributed by atoms with Crippen LogP contribution in [-0.4, -0.2) is 42.3 Å². The van der Waals surface area contributed by atoms with Crippen molar-refractivity contribution in [1.82, 2.24) is 20.2 Å². The first-order valence-corrected chi connectivity index (χ1v) is 14.6. The fourth-order valence-electron chi connectivity index (χ4n) is 5.06. The molecule has 6 rings (SSSR count). The summed E-state index contributed by atoms with van der Waals surface area (Å²) in [5.74, 6) is -1.10. The summed E-state index contributed by atoms with van der Waals surface area (Å²) >= 11 is 5.86. The van der Waals surface area contributed by atoms with E-state index in [1.807, 2.05) is 42.5 Å². The minimum atomic E-state index is -1.06. The number of oxazole rings is 1. The molecule has 1 aliphatic carbocycles. The van der Waals surface area contributed by atoms with E-state index in [2.05, 4.69) is 27.1 Å². The highest BCUT2D eigenvalue weighted by molar-refractivity contribution is 6.30. The zero-order valence-corrected chi connectivity index (χ0v) is 25.0. The van der Waals surface area contributed by atoms with Gasteiger partial charge in [-0.15, -0.1) is 10.2 Å². The molecule has 2 aromatic carbocycles. The van der Waals surface area contributed by atoms with E-state index in [1.165, 1.54) is 18.5 Å². The number of pyridine rings is 1. The van der Waals surface area contributed by atoms with Crippen molar-refractivity contribution in [2.24, 2.45) is 5.92 Å². The molecule has 1 aliphatic rings. The normalized spacial score (nSPS) is 17.0. The Morgan fingerprint density at radius 1 is 0.911 bits per heavy atom. The average molecular weight is 625 g/mol. The third-order valence-electron chi connectivity index (χ3n) is 7.30. The molecule has 0 aliphatic heterocycles. The first-order valence-electron chi connectivity index (χ1n) is 14.2. The number of carbonyl (C=O) groups is 2. The lowest BCUT2D eigenvalue weighted by atomic mass is 9.69. The van der Waals surface area contributed by atoms with Gasteiger partial charge in [-0.2, -0.15) is 0 Å². The molecule has 11 heteroatoms. The lowest BCUT2D eigenvalue weighted by molar-refractivity contribution is -0.142. The standard InChI is InChI=1S/C20H21NO3.C14H8ClN3O3/c1-2-3-12-20(13-8-7-11-16(20)18(22)23)19-21-14-17(24-19)15-9-5-4-6-10-15;15-9-5-8(6-16-7-9)12-17-18-13(21-12)10-3-1-2-4-11(10)14(19)20/h4-11,13-14,16H,2-3,12H2,1H3,(H,22,23);1-7H,(H,19,20). The molecular formula is C34H29ClN4O6. The maximum atomic E-state index is 11.8. The molecule has 228 valence electrons. The van der Waals surface area contributed by atoms with Gasteiger partial charge in [0, 0.05) is 18.0 Å². The van der Waals surface area contributed by atoms with Crippen molar-refractivity contribution in [3.63, 3.8) is 0 Å². The summed E-state index contributed by atoms with van der Waals surface area (Å²) in [7, 11) is 0. The molecule has 10 nitrogen and oxygen atoms in total. The SMILES string of the molecule is CCCCC1(c2ncc(-c3ccccc3)o2)C=CC=CC1C(=O)O.O=C(O)c1ccccc1-c1nnc(-c2cncc(Cl)c2)o1. The van der Waals surface area contributed by atoms with E-state index in [0.717, 1.165) is 18.4 Å². The predicted molar refractivity (Wildman–Crippen MR) is 167 cm³/mol. The zero-order valence-electron chi connectivity index (χ0n) is 24.2. The minimum absolute atomic E-state index is 0.0944. The number of hydrogen-bond acceptors (Lipinski definition) is 8. The van der Waals surface area contributed by atoms with E-state index in [9.17, 15) is 14.7 Å². The third-order valence-corrected chi connectivity index (χ3v) is 7.51. The van der Waals surface area contributed by atoms with Gasteiger partial charge in [0.25, 0.3) is 0 Å². The third kappa shape index (κ3) is 6.91. The van der Waals surface area contributed by atoms with Crippen LogP contribution in [0.2, 0.25) is 5.02 Å². The van der Waals surface area contributed by atoms with Crippen LogP contribution in [0.4, 0.5) is 0 Å². The van der Waals surface area contributed by atoms with Gasteiger partial charge in [-0.25, -0.2) is 9.78 Å². The van der Waals surface area contributed by atoms with Gasteiger partial charge in [-0.3, -0.25) is 9.78 Å². The summed E-state index contributed by atoms with van der Waals surface area (Å²) in [6.45, 7) is 2.09. The van der Waals surface area contributed by atoms with Gasteiger partial charge in [-0.05, 0) is 24.6 Å². The largest absolute Gasteiger partial charge is 0.481 e. The number of carboxylic acids is 2. The van der Waals surface area contributed by atoms with Crippen molar-refractivity contribution in [2.45, 2.75) is 31.6 Å². The smallest absolute Gasteiger partial charge is 0.336 e. The van der Waals surface area contributed by atoms with Gasteiger partial charge in [0.05, 0.1) is 39.2 Å².